The summed E-state index contributed by atoms with van der Waals surface area (Å²) in [6, 6.07) is 2.05. The summed E-state index contributed by atoms with van der Waals surface area (Å²) in [5, 5.41) is 2.02. The lowest BCUT2D eigenvalue weighted by atomic mass is 10.2. The zero-order chi connectivity index (χ0) is 13.5. The lowest BCUT2D eigenvalue weighted by Crippen LogP contribution is -2.29. The summed E-state index contributed by atoms with van der Waals surface area (Å²) >= 11 is 5.06. The van der Waals surface area contributed by atoms with Crippen LogP contribution in [0.4, 0.5) is 0 Å². The van der Waals surface area contributed by atoms with Crippen LogP contribution in [0, 0.1) is 0 Å². The highest BCUT2D eigenvalue weighted by Crippen LogP contribution is 2.20. The Bertz CT molecular complexity index is 419. The van der Waals surface area contributed by atoms with Gasteiger partial charge in [0.25, 0.3) is 0 Å². The Morgan fingerprint density at radius 2 is 2.17 bits per heavy atom. The molecule has 0 spiro atoms. The van der Waals surface area contributed by atoms with Gasteiger partial charge in [0.05, 0.1) is 13.5 Å². The first-order valence-corrected chi connectivity index (χ1v) is 7.24. The van der Waals surface area contributed by atoms with E-state index in [-0.39, 0.29) is 24.7 Å². The number of amides is 1. The molecule has 0 aliphatic rings. The van der Waals surface area contributed by atoms with Crippen molar-refractivity contribution in [1.82, 2.24) is 4.90 Å². The number of halogens is 1. The largest absolute Gasteiger partial charge is 0.469 e. The summed E-state index contributed by atoms with van der Waals surface area (Å²) in [4.78, 5) is 25.5. The predicted octanol–water partition coefficient (Wildman–Crippen LogP) is 2.46. The number of likely N-dealkylation sites (N-methyl/N-ethyl adjacent to an activating group) is 1. The maximum Gasteiger partial charge on any atom is 0.306 e. The maximum atomic E-state index is 11.7. The molecule has 0 radical (unpaired) electrons. The summed E-state index contributed by atoms with van der Waals surface area (Å²) < 4.78 is 5.57. The highest BCUT2D eigenvalue weighted by Gasteiger charge is 2.11. The second kappa shape index (κ2) is 7.53. The van der Waals surface area contributed by atoms with Crippen LogP contribution in [0.25, 0.3) is 0 Å². The molecule has 0 N–H and O–H groups in total. The fraction of sp³-hybridized carbons (Fsp3) is 0.500. The number of thiophene rings is 1. The molecule has 0 saturated heterocycles. The number of nitrogens with zero attached hydrogens (tertiary/aromatic N) is 1. The number of ether oxygens (including phenoxy) is 1. The van der Waals surface area contributed by atoms with E-state index in [1.54, 1.807) is 23.3 Å². The Hall–Kier alpha value is -0.880. The summed E-state index contributed by atoms with van der Waals surface area (Å²) in [6.07, 6.45) is 1.18. The zero-order valence-corrected chi connectivity index (χ0v) is 12.8. The number of carbonyl (C=O) groups excluding carboxylic acids is 2. The maximum absolute atomic E-state index is 11.7. The van der Waals surface area contributed by atoms with Crippen LogP contribution in [0.5, 0.6) is 0 Å². The molecule has 1 rings (SSSR count). The van der Waals surface area contributed by atoms with Crippen molar-refractivity contribution in [3.05, 3.63) is 20.8 Å². The molecule has 1 aromatic rings. The molecule has 0 aromatic carbocycles. The summed E-state index contributed by atoms with van der Waals surface area (Å²) in [6.45, 7) is 0.660. The first kappa shape index (κ1) is 15.2. The third-order valence-corrected chi connectivity index (χ3v) is 4.27. The molecule has 1 heterocycles. The Morgan fingerprint density at radius 1 is 1.44 bits per heavy atom. The van der Waals surface area contributed by atoms with Crippen LogP contribution >= 0.6 is 27.3 Å². The Morgan fingerprint density at radius 3 is 2.72 bits per heavy atom. The van der Waals surface area contributed by atoms with Crippen molar-refractivity contribution in [3.63, 3.8) is 0 Å². The van der Waals surface area contributed by atoms with E-state index in [0.29, 0.717) is 6.54 Å². The monoisotopic (exact) mass is 333 g/mol. The molecule has 0 atom stereocenters. The normalized spacial score (nSPS) is 10.2. The number of methoxy groups -OCH3 is 1. The van der Waals surface area contributed by atoms with Gasteiger partial charge in [-0.15, -0.1) is 11.3 Å². The van der Waals surface area contributed by atoms with E-state index in [1.807, 2.05) is 5.38 Å². The SMILES string of the molecule is COC(=O)CCC(=O)N(C)CCc1cc(Br)cs1. The molecular weight excluding hydrogens is 318 g/mol. The van der Waals surface area contributed by atoms with Crippen LogP contribution in [-0.4, -0.2) is 37.5 Å². The molecule has 1 amide bonds. The van der Waals surface area contributed by atoms with E-state index in [9.17, 15) is 9.59 Å². The van der Waals surface area contributed by atoms with E-state index >= 15 is 0 Å². The molecule has 18 heavy (non-hydrogen) atoms. The Balaban J connectivity index is 2.29. The molecule has 4 nitrogen and oxygen atoms in total. The smallest absolute Gasteiger partial charge is 0.306 e. The second-order valence-corrected chi connectivity index (χ2v) is 5.78. The minimum atomic E-state index is -0.348. The van der Waals surface area contributed by atoms with Gasteiger partial charge in [0.1, 0.15) is 0 Å². The van der Waals surface area contributed by atoms with Gasteiger partial charge in [-0.2, -0.15) is 0 Å². The number of esters is 1. The van der Waals surface area contributed by atoms with E-state index < -0.39 is 0 Å². The molecule has 6 heteroatoms. The summed E-state index contributed by atoms with van der Waals surface area (Å²) in [7, 11) is 3.08. The van der Waals surface area contributed by atoms with Gasteiger partial charge in [-0.05, 0) is 28.4 Å². The van der Waals surface area contributed by atoms with Gasteiger partial charge in [0, 0.05) is 34.7 Å². The van der Waals surface area contributed by atoms with Crippen molar-refractivity contribution < 1.29 is 14.3 Å². The highest BCUT2D eigenvalue weighted by molar-refractivity contribution is 9.10. The molecule has 100 valence electrons. The summed E-state index contributed by atoms with van der Waals surface area (Å²) in [5.41, 5.74) is 0. The Kier molecular flexibility index (Phi) is 6.35. The van der Waals surface area contributed by atoms with Crippen LogP contribution in [-0.2, 0) is 20.7 Å². The first-order valence-electron chi connectivity index (χ1n) is 5.56. The standard InChI is InChI=1S/C12H16BrNO3S/c1-14(11(15)3-4-12(16)17-2)6-5-10-7-9(13)8-18-10/h7-8H,3-6H2,1-2H3. The minimum absolute atomic E-state index is 0.0315. The number of carbonyl (C=O) groups is 2. The first-order chi connectivity index (χ1) is 8.52. The van der Waals surface area contributed by atoms with Crippen molar-refractivity contribution in [2.45, 2.75) is 19.3 Å². The average Bonchev–Trinajstić information content (AvgIpc) is 2.78. The van der Waals surface area contributed by atoms with Gasteiger partial charge in [-0.1, -0.05) is 0 Å². The van der Waals surface area contributed by atoms with E-state index in [2.05, 4.69) is 26.7 Å². The van der Waals surface area contributed by atoms with Crippen molar-refractivity contribution >= 4 is 39.1 Å². The van der Waals surface area contributed by atoms with Crippen molar-refractivity contribution in [2.75, 3.05) is 20.7 Å². The second-order valence-electron chi connectivity index (χ2n) is 3.87. The fourth-order valence-corrected chi connectivity index (χ4v) is 2.83. The van der Waals surface area contributed by atoms with E-state index in [1.165, 1.54) is 12.0 Å². The van der Waals surface area contributed by atoms with Crippen molar-refractivity contribution in [1.29, 1.82) is 0 Å². The van der Waals surface area contributed by atoms with Crippen LogP contribution in [0.3, 0.4) is 0 Å². The zero-order valence-electron chi connectivity index (χ0n) is 10.4. The van der Waals surface area contributed by atoms with E-state index in [4.69, 9.17) is 0 Å². The number of hydrogen-bond donors (Lipinski definition) is 0. The predicted molar refractivity (Wildman–Crippen MR) is 74.6 cm³/mol. The minimum Gasteiger partial charge on any atom is -0.469 e. The lowest BCUT2D eigenvalue weighted by Gasteiger charge is -2.16. The summed E-state index contributed by atoms with van der Waals surface area (Å²) in [5.74, 6) is -0.380. The van der Waals surface area contributed by atoms with Crippen LogP contribution in [0.2, 0.25) is 0 Å². The third kappa shape index (κ3) is 5.18. The van der Waals surface area contributed by atoms with Crippen LogP contribution in [0.15, 0.2) is 15.9 Å². The molecule has 0 bridgehead atoms. The van der Waals surface area contributed by atoms with Gasteiger partial charge in [-0.3, -0.25) is 9.59 Å². The average molecular weight is 334 g/mol. The molecule has 0 saturated carbocycles. The van der Waals surface area contributed by atoms with Crippen molar-refractivity contribution in [2.24, 2.45) is 0 Å². The molecule has 0 aliphatic heterocycles. The number of rotatable bonds is 6. The van der Waals surface area contributed by atoms with Gasteiger partial charge < -0.3 is 9.64 Å². The van der Waals surface area contributed by atoms with E-state index in [0.717, 1.165) is 10.9 Å². The van der Waals surface area contributed by atoms with Crippen LogP contribution in [0.1, 0.15) is 17.7 Å². The quantitative estimate of drug-likeness (QED) is 0.751. The fourth-order valence-electron chi connectivity index (χ4n) is 1.39. The van der Waals surface area contributed by atoms with Crippen molar-refractivity contribution in [3.8, 4) is 0 Å². The van der Waals surface area contributed by atoms with Gasteiger partial charge in [-0.25, -0.2) is 0 Å². The highest BCUT2D eigenvalue weighted by atomic mass is 79.9. The van der Waals surface area contributed by atoms with Gasteiger partial charge in [0.15, 0.2) is 0 Å². The lowest BCUT2D eigenvalue weighted by molar-refractivity contribution is -0.143. The third-order valence-electron chi connectivity index (χ3n) is 2.51. The molecule has 0 fully saturated rings. The van der Waals surface area contributed by atoms with Gasteiger partial charge in [0.2, 0.25) is 5.91 Å². The molecule has 0 unspecified atom stereocenters. The molecule has 0 aliphatic carbocycles. The van der Waals surface area contributed by atoms with Gasteiger partial charge >= 0.3 is 5.97 Å². The molecular formula is C12H16BrNO3S. The molecule has 1 aromatic heterocycles. The number of hydrogen-bond acceptors (Lipinski definition) is 4. The topological polar surface area (TPSA) is 46.6 Å². The van der Waals surface area contributed by atoms with Crippen LogP contribution < -0.4 is 0 Å². The Labute approximate surface area is 119 Å².